The molecule has 0 amide bonds. The second kappa shape index (κ2) is 6.73. The van der Waals surface area contributed by atoms with Crippen LogP contribution in [0.15, 0.2) is 47.2 Å². The Morgan fingerprint density at radius 2 is 2.12 bits per heavy atom. The molecule has 1 aliphatic rings. The monoisotopic (exact) mass is 340 g/mol. The Kier molecular flexibility index (Phi) is 4.29. The molecule has 8 heteroatoms. The lowest BCUT2D eigenvalue weighted by molar-refractivity contribution is 0.0281. The molecule has 3 aromatic rings. The van der Waals surface area contributed by atoms with Crippen molar-refractivity contribution >= 4 is 0 Å². The Morgan fingerprint density at radius 3 is 2.92 bits per heavy atom. The fourth-order valence-corrected chi connectivity index (χ4v) is 3.19. The average Bonchev–Trinajstić information content (AvgIpc) is 3.36. The van der Waals surface area contributed by atoms with Crippen LogP contribution in [-0.4, -0.2) is 60.4 Å². The molecule has 1 saturated heterocycles. The van der Waals surface area contributed by atoms with Crippen molar-refractivity contribution in [3.05, 3.63) is 48.6 Å². The van der Waals surface area contributed by atoms with Crippen molar-refractivity contribution in [3.63, 3.8) is 0 Å². The Hall–Kier alpha value is -2.58. The highest BCUT2D eigenvalue weighted by Gasteiger charge is 2.36. The molecule has 1 unspecified atom stereocenters. The van der Waals surface area contributed by atoms with Crippen LogP contribution in [0, 0.1) is 0 Å². The molecule has 0 aliphatic carbocycles. The highest BCUT2D eigenvalue weighted by molar-refractivity contribution is 5.53. The molecule has 1 atom stereocenters. The molecule has 0 bridgehead atoms. The van der Waals surface area contributed by atoms with Crippen molar-refractivity contribution in [2.75, 3.05) is 19.6 Å². The van der Waals surface area contributed by atoms with E-state index in [1.54, 1.807) is 17.1 Å². The lowest BCUT2D eigenvalue weighted by Gasteiger charge is -2.22. The van der Waals surface area contributed by atoms with E-state index in [1.165, 1.54) is 0 Å². The Labute approximate surface area is 145 Å². The van der Waals surface area contributed by atoms with Crippen LogP contribution in [0.5, 0.6) is 0 Å². The highest BCUT2D eigenvalue weighted by Crippen LogP contribution is 2.23. The van der Waals surface area contributed by atoms with Gasteiger partial charge >= 0.3 is 0 Å². The molecule has 0 saturated carbocycles. The fraction of sp³-hybridized carbons (Fsp3) is 0.412. The van der Waals surface area contributed by atoms with Crippen LogP contribution in [0.25, 0.3) is 11.4 Å². The minimum Gasteiger partial charge on any atom is -0.387 e. The molecule has 1 aromatic carbocycles. The van der Waals surface area contributed by atoms with Crippen LogP contribution in [0.2, 0.25) is 0 Å². The van der Waals surface area contributed by atoms with E-state index in [1.807, 2.05) is 30.3 Å². The van der Waals surface area contributed by atoms with Crippen molar-refractivity contribution in [2.24, 2.45) is 0 Å². The van der Waals surface area contributed by atoms with Gasteiger partial charge in [-0.25, -0.2) is 4.68 Å². The zero-order valence-corrected chi connectivity index (χ0v) is 13.8. The smallest absolute Gasteiger partial charge is 0.228 e. The summed E-state index contributed by atoms with van der Waals surface area (Å²) in [5.74, 6) is 1.23. The van der Waals surface area contributed by atoms with Gasteiger partial charge < -0.3 is 9.63 Å². The standard InChI is InChI=1S/C17H20N6O2/c24-17(13-23-11-8-18-21-23)7-10-22(12-17)9-6-15-19-16(20-25-15)14-4-2-1-3-5-14/h1-5,8,11,24H,6-7,9-10,12-13H2. The SMILES string of the molecule is OC1(Cn2ccnn2)CCN(CCc2nc(-c3ccccc3)no2)C1. The van der Waals surface area contributed by atoms with Crippen LogP contribution in [0.3, 0.4) is 0 Å². The first kappa shape index (κ1) is 15.9. The van der Waals surface area contributed by atoms with Gasteiger partial charge in [0.1, 0.15) is 0 Å². The third kappa shape index (κ3) is 3.75. The topological polar surface area (TPSA) is 93.1 Å². The number of aliphatic hydroxyl groups is 1. The first-order chi connectivity index (χ1) is 12.2. The first-order valence-electron chi connectivity index (χ1n) is 8.37. The van der Waals surface area contributed by atoms with Gasteiger partial charge in [0.05, 0.1) is 18.3 Å². The van der Waals surface area contributed by atoms with Crippen molar-refractivity contribution < 1.29 is 9.63 Å². The molecule has 4 rings (SSSR count). The van der Waals surface area contributed by atoms with Gasteiger partial charge in [-0.15, -0.1) is 5.10 Å². The number of rotatable bonds is 6. The zero-order valence-electron chi connectivity index (χ0n) is 13.8. The number of hydrogen-bond acceptors (Lipinski definition) is 7. The van der Waals surface area contributed by atoms with Crippen molar-refractivity contribution in [1.82, 2.24) is 30.0 Å². The molecule has 0 spiro atoms. The van der Waals surface area contributed by atoms with Gasteiger partial charge in [0.25, 0.3) is 0 Å². The average molecular weight is 340 g/mol. The summed E-state index contributed by atoms with van der Waals surface area (Å²) in [6.45, 7) is 2.68. The third-order valence-corrected chi connectivity index (χ3v) is 4.48. The van der Waals surface area contributed by atoms with Crippen molar-refractivity contribution in [1.29, 1.82) is 0 Å². The molecular weight excluding hydrogens is 320 g/mol. The highest BCUT2D eigenvalue weighted by atomic mass is 16.5. The lowest BCUT2D eigenvalue weighted by Crippen LogP contribution is -2.38. The molecule has 25 heavy (non-hydrogen) atoms. The van der Waals surface area contributed by atoms with E-state index < -0.39 is 5.60 Å². The van der Waals surface area contributed by atoms with E-state index in [0.29, 0.717) is 37.6 Å². The third-order valence-electron chi connectivity index (χ3n) is 4.48. The van der Waals surface area contributed by atoms with Crippen LogP contribution in [-0.2, 0) is 13.0 Å². The van der Waals surface area contributed by atoms with Gasteiger partial charge in [-0.3, -0.25) is 4.90 Å². The van der Waals surface area contributed by atoms with Gasteiger partial charge in [0.15, 0.2) is 0 Å². The Balaban J connectivity index is 1.31. The van der Waals surface area contributed by atoms with Gasteiger partial charge in [0, 0.05) is 37.8 Å². The van der Waals surface area contributed by atoms with Gasteiger partial charge in [-0.1, -0.05) is 40.7 Å². The van der Waals surface area contributed by atoms with E-state index in [0.717, 1.165) is 18.7 Å². The molecule has 2 aromatic heterocycles. The maximum Gasteiger partial charge on any atom is 0.228 e. The predicted octanol–water partition coefficient (Wildman–Crippen LogP) is 1.01. The molecule has 1 N–H and O–H groups in total. The van der Waals surface area contributed by atoms with Gasteiger partial charge in [-0.2, -0.15) is 4.98 Å². The van der Waals surface area contributed by atoms with Gasteiger partial charge in [-0.05, 0) is 6.42 Å². The molecule has 130 valence electrons. The van der Waals surface area contributed by atoms with Crippen LogP contribution in [0.1, 0.15) is 12.3 Å². The summed E-state index contributed by atoms with van der Waals surface area (Å²) in [4.78, 5) is 6.66. The van der Waals surface area contributed by atoms with E-state index in [4.69, 9.17) is 4.52 Å². The quantitative estimate of drug-likeness (QED) is 0.716. The summed E-state index contributed by atoms with van der Waals surface area (Å²) in [5, 5.41) is 22.4. The largest absolute Gasteiger partial charge is 0.387 e. The molecule has 1 aliphatic heterocycles. The summed E-state index contributed by atoms with van der Waals surface area (Å²) < 4.78 is 7.02. The minimum atomic E-state index is -0.766. The number of benzene rings is 1. The van der Waals surface area contributed by atoms with E-state index in [2.05, 4.69) is 25.4 Å². The van der Waals surface area contributed by atoms with E-state index in [9.17, 15) is 5.11 Å². The summed E-state index contributed by atoms with van der Waals surface area (Å²) >= 11 is 0. The van der Waals surface area contributed by atoms with Crippen LogP contribution in [0.4, 0.5) is 0 Å². The van der Waals surface area contributed by atoms with E-state index in [-0.39, 0.29) is 0 Å². The van der Waals surface area contributed by atoms with Crippen LogP contribution < -0.4 is 0 Å². The summed E-state index contributed by atoms with van der Waals surface area (Å²) in [6.07, 6.45) is 4.77. The predicted molar refractivity (Wildman–Crippen MR) is 89.5 cm³/mol. The minimum absolute atomic E-state index is 0.461. The van der Waals surface area contributed by atoms with Crippen LogP contribution >= 0.6 is 0 Å². The number of aromatic nitrogens is 5. The molecule has 0 radical (unpaired) electrons. The van der Waals surface area contributed by atoms with E-state index >= 15 is 0 Å². The number of nitrogens with zero attached hydrogens (tertiary/aromatic N) is 6. The summed E-state index contributed by atoms with van der Waals surface area (Å²) in [7, 11) is 0. The number of likely N-dealkylation sites (tertiary alicyclic amines) is 1. The first-order valence-corrected chi connectivity index (χ1v) is 8.37. The summed E-state index contributed by atoms with van der Waals surface area (Å²) in [6, 6.07) is 9.77. The lowest BCUT2D eigenvalue weighted by atomic mass is 10.0. The normalized spacial score (nSPS) is 21.0. The number of hydrogen-bond donors (Lipinski definition) is 1. The fourth-order valence-electron chi connectivity index (χ4n) is 3.19. The molecule has 1 fully saturated rings. The molecular formula is C17H20N6O2. The maximum absolute atomic E-state index is 10.7. The molecule has 8 nitrogen and oxygen atoms in total. The number of β-amino-alcohol motifs (C(OH)–C–C–N with tert-alkyl or cyclic N) is 1. The Bertz CT molecular complexity index is 804. The zero-order chi connectivity index (χ0) is 17.1. The van der Waals surface area contributed by atoms with Crippen molar-refractivity contribution in [2.45, 2.75) is 25.0 Å². The summed E-state index contributed by atoms with van der Waals surface area (Å²) in [5.41, 5.74) is 0.179. The van der Waals surface area contributed by atoms with Gasteiger partial charge in [0.2, 0.25) is 11.7 Å². The maximum atomic E-state index is 10.7. The van der Waals surface area contributed by atoms with Crippen molar-refractivity contribution in [3.8, 4) is 11.4 Å². The second-order valence-electron chi connectivity index (χ2n) is 6.48. The molecule has 3 heterocycles. The Morgan fingerprint density at radius 1 is 1.24 bits per heavy atom. The second-order valence-corrected chi connectivity index (χ2v) is 6.48.